The monoisotopic (exact) mass is 271 g/mol. The quantitative estimate of drug-likeness (QED) is 0.810. The van der Waals surface area contributed by atoms with Crippen LogP contribution >= 0.6 is 0 Å². The van der Waals surface area contributed by atoms with E-state index in [1.807, 2.05) is 0 Å². The molecule has 0 spiro atoms. The lowest BCUT2D eigenvalue weighted by molar-refractivity contribution is -0.184. The molecule has 0 amide bonds. The lowest BCUT2D eigenvalue weighted by Crippen LogP contribution is -2.32. The summed E-state index contributed by atoms with van der Waals surface area (Å²) in [6.45, 7) is 2.10. The third-order valence-electron chi connectivity index (χ3n) is 2.61. The Morgan fingerprint density at radius 1 is 1.50 bits per heavy atom. The molecule has 6 nitrogen and oxygen atoms in total. The molecule has 0 aliphatic carbocycles. The van der Waals surface area contributed by atoms with Crippen molar-refractivity contribution in [3.63, 3.8) is 0 Å². The molecule has 1 aromatic rings. The Balaban J connectivity index is 2.37. The molecule has 1 unspecified atom stereocenters. The van der Waals surface area contributed by atoms with Crippen molar-refractivity contribution < 1.29 is 22.7 Å². The Kier molecular flexibility index (Phi) is 3.38. The van der Waals surface area contributed by atoms with Gasteiger partial charge in [0, 0.05) is 6.42 Å². The summed E-state index contributed by atoms with van der Waals surface area (Å²) in [5.74, 6) is -0.743. The number of rotatable bonds is 3. The van der Waals surface area contributed by atoms with Gasteiger partial charge in [-0.05, 0) is 18.6 Å². The highest BCUT2D eigenvalue weighted by molar-refractivity contribution is 7.89. The Hall–Kier alpha value is -1.44. The molecular formula is C11H13NO5S. The summed E-state index contributed by atoms with van der Waals surface area (Å²) in [6.07, 6.45) is 0.0220. The Morgan fingerprint density at radius 2 is 2.17 bits per heavy atom. The second-order valence-electron chi connectivity index (χ2n) is 3.99. The highest BCUT2D eigenvalue weighted by Gasteiger charge is 2.27. The normalized spacial score (nSPS) is 19.1. The summed E-state index contributed by atoms with van der Waals surface area (Å²) >= 11 is 0. The largest absolute Gasteiger partial charge is 0.432 e. The molecule has 1 aliphatic heterocycles. The molecule has 0 bridgehead atoms. The molecular weight excluding hydrogens is 258 g/mol. The maximum atomic E-state index is 11.8. The van der Waals surface area contributed by atoms with Crippen molar-refractivity contribution in [2.45, 2.75) is 24.5 Å². The van der Waals surface area contributed by atoms with Crippen LogP contribution in [0.25, 0.3) is 0 Å². The number of hydrogen-bond donors (Lipinski definition) is 1. The van der Waals surface area contributed by atoms with Crippen molar-refractivity contribution in [1.29, 1.82) is 0 Å². The number of carbonyl (C=O) groups is 1. The molecule has 98 valence electrons. The van der Waals surface area contributed by atoms with Crippen LogP contribution in [0.4, 0.5) is 0 Å². The van der Waals surface area contributed by atoms with Gasteiger partial charge in [-0.25, -0.2) is 18.4 Å². The number of sulfonamides is 1. The third-order valence-corrected chi connectivity index (χ3v) is 3.72. The van der Waals surface area contributed by atoms with E-state index >= 15 is 0 Å². The standard InChI is InChI=1S/C11H13NO5S/c1-7-3-2-4-8(10(7)18(12,14)15)11(13)17-9-5-6-16-9/h2-4,9H,5-6H2,1H3,(H2,12,14,15). The highest BCUT2D eigenvalue weighted by Crippen LogP contribution is 2.22. The van der Waals surface area contributed by atoms with E-state index in [9.17, 15) is 13.2 Å². The number of primary sulfonamides is 1. The van der Waals surface area contributed by atoms with Crippen molar-refractivity contribution in [2.24, 2.45) is 5.14 Å². The first kappa shape index (κ1) is 13.0. The third kappa shape index (κ3) is 2.53. The fourth-order valence-electron chi connectivity index (χ4n) is 1.68. The fourth-order valence-corrected chi connectivity index (χ4v) is 2.66. The minimum absolute atomic E-state index is 0.0620. The number of nitrogens with two attached hydrogens (primary N) is 1. The van der Waals surface area contributed by atoms with Crippen LogP contribution in [0.15, 0.2) is 23.1 Å². The smallest absolute Gasteiger partial charge is 0.341 e. The van der Waals surface area contributed by atoms with Gasteiger partial charge in [0.25, 0.3) is 0 Å². The molecule has 1 saturated heterocycles. The summed E-state index contributed by atoms with van der Waals surface area (Å²) in [7, 11) is -3.98. The number of hydrogen-bond acceptors (Lipinski definition) is 5. The predicted molar refractivity (Wildman–Crippen MR) is 62.3 cm³/mol. The van der Waals surface area contributed by atoms with Gasteiger partial charge in [0.2, 0.25) is 16.3 Å². The van der Waals surface area contributed by atoms with Gasteiger partial charge in [0.1, 0.15) is 0 Å². The lowest BCUT2D eigenvalue weighted by atomic mass is 10.1. The van der Waals surface area contributed by atoms with Crippen LogP contribution in [-0.4, -0.2) is 27.3 Å². The first-order valence-corrected chi connectivity index (χ1v) is 6.89. The zero-order valence-electron chi connectivity index (χ0n) is 9.75. The van der Waals surface area contributed by atoms with Crippen LogP contribution in [0, 0.1) is 6.92 Å². The maximum absolute atomic E-state index is 11.8. The van der Waals surface area contributed by atoms with Gasteiger partial charge < -0.3 is 9.47 Å². The Morgan fingerprint density at radius 3 is 2.67 bits per heavy atom. The molecule has 1 atom stereocenters. The molecule has 1 aliphatic rings. The predicted octanol–water partition coefficient (Wildman–Crippen LogP) is 0.546. The zero-order valence-corrected chi connectivity index (χ0v) is 10.6. The topological polar surface area (TPSA) is 95.7 Å². The van der Waals surface area contributed by atoms with E-state index < -0.39 is 22.3 Å². The second kappa shape index (κ2) is 4.68. The molecule has 1 aromatic carbocycles. The second-order valence-corrected chi connectivity index (χ2v) is 5.49. The number of ether oxygens (including phenoxy) is 2. The Labute approximate surface area is 105 Å². The average Bonchev–Trinajstić information content (AvgIpc) is 2.21. The molecule has 0 radical (unpaired) electrons. The summed E-state index contributed by atoms with van der Waals surface area (Å²) in [5.41, 5.74) is 0.342. The van der Waals surface area contributed by atoms with E-state index in [-0.39, 0.29) is 10.5 Å². The summed E-state index contributed by atoms with van der Waals surface area (Å²) in [4.78, 5) is 11.6. The van der Waals surface area contributed by atoms with Gasteiger partial charge in [0.05, 0.1) is 17.1 Å². The van der Waals surface area contributed by atoms with Crippen LogP contribution in [0.5, 0.6) is 0 Å². The number of carbonyl (C=O) groups excluding carboxylic acids is 1. The van der Waals surface area contributed by atoms with Gasteiger partial charge in [-0.1, -0.05) is 12.1 Å². The van der Waals surface area contributed by atoms with E-state index in [0.29, 0.717) is 18.6 Å². The van der Waals surface area contributed by atoms with Crippen LogP contribution in [0.2, 0.25) is 0 Å². The summed E-state index contributed by atoms with van der Waals surface area (Å²) < 4.78 is 32.9. The highest BCUT2D eigenvalue weighted by atomic mass is 32.2. The van der Waals surface area contributed by atoms with Crippen LogP contribution in [0.3, 0.4) is 0 Å². The van der Waals surface area contributed by atoms with Crippen molar-refractivity contribution in [1.82, 2.24) is 0 Å². The molecule has 0 aromatic heterocycles. The number of aryl methyl sites for hydroxylation is 1. The summed E-state index contributed by atoms with van der Waals surface area (Å²) in [5, 5.41) is 5.11. The van der Waals surface area contributed by atoms with E-state index in [2.05, 4.69) is 0 Å². The summed E-state index contributed by atoms with van der Waals surface area (Å²) in [6, 6.07) is 4.51. The molecule has 2 rings (SSSR count). The van der Waals surface area contributed by atoms with Gasteiger partial charge in [-0.15, -0.1) is 0 Å². The van der Waals surface area contributed by atoms with Gasteiger partial charge in [0.15, 0.2) is 0 Å². The van der Waals surface area contributed by atoms with Gasteiger partial charge >= 0.3 is 5.97 Å². The minimum Gasteiger partial charge on any atom is -0.432 e. The number of benzene rings is 1. The van der Waals surface area contributed by atoms with E-state index in [4.69, 9.17) is 14.6 Å². The molecule has 7 heteroatoms. The Bertz CT molecular complexity index is 577. The van der Waals surface area contributed by atoms with Crippen molar-refractivity contribution in [3.05, 3.63) is 29.3 Å². The van der Waals surface area contributed by atoms with Crippen LogP contribution in [0.1, 0.15) is 22.3 Å². The van der Waals surface area contributed by atoms with E-state index in [0.717, 1.165) is 0 Å². The first-order valence-electron chi connectivity index (χ1n) is 5.34. The molecule has 2 N–H and O–H groups in total. The van der Waals surface area contributed by atoms with E-state index in [1.54, 1.807) is 19.1 Å². The van der Waals surface area contributed by atoms with Gasteiger partial charge in [-0.2, -0.15) is 0 Å². The van der Waals surface area contributed by atoms with Crippen LogP contribution in [-0.2, 0) is 19.5 Å². The zero-order chi connectivity index (χ0) is 13.3. The van der Waals surface area contributed by atoms with E-state index in [1.165, 1.54) is 6.07 Å². The maximum Gasteiger partial charge on any atom is 0.341 e. The molecule has 1 fully saturated rings. The van der Waals surface area contributed by atoms with Gasteiger partial charge in [-0.3, -0.25) is 0 Å². The SMILES string of the molecule is Cc1cccc(C(=O)OC2CCO2)c1S(N)(=O)=O. The molecule has 0 saturated carbocycles. The van der Waals surface area contributed by atoms with Crippen molar-refractivity contribution >= 4 is 16.0 Å². The fraction of sp³-hybridized carbons (Fsp3) is 0.364. The lowest BCUT2D eigenvalue weighted by Gasteiger charge is -2.26. The number of esters is 1. The average molecular weight is 271 g/mol. The van der Waals surface area contributed by atoms with Crippen LogP contribution < -0.4 is 5.14 Å². The molecule has 18 heavy (non-hydrogen) atoms. The molecule has 1 heterocycles. The van der Waals surface area contributed by atoms with Crippen molar-refractivity contribution in [2.75, 3.05) is 6.61 Å². The van der Waals surface area contributed by atoms with Crippen molar-refractivity contribution in [3.8, 4) is 0 Å². The minimum atomic E-state index is -3.98. The first-order chi connectivity index (χ1) is 8.39.